The van der Waals surface area contributed by atoms with Crippen LogP contribution in [-0.4, -0.2) is 59.6 Å². The smallest absolute Gasteiger partial charge is 0.134 e. The molecule has 7 heteroatoms. The summed E-state index contributed by atoms with van der Waals surface area (Å²) in [5.41, 5.74) is 1.22. The summed E-state index contributed by atoms with van der Waals surface area (Å²) in [6.45, 7) is 5.35. The second kappa shape index (κ2) is 6.54. The predicted octanol–water partition coefficient (Wildman–Crippen LogP) is 1.42. The molecule has 1 atom stereocenters. The molecule has 122 valence electrons. The van der Waals surface area contributed by atoms with Crippen LogP contribution in [0.4, 0.5) is 11.6 Å². The van der Waals surface area contributed by atoms with Crippen LogP contribution in [0, 0.1) is 0 Å². The Bertz CT molecular complexity index is 625. The summed E-state index contributed by atoms with van der Waals surface area (Å²) in [4.78, 5) is 13.6. The highest BCUT2D eigenvalue weighted by Gasteiger charge is 2.24. The molecular formula is C16H22N6O. The molecule has 2 aliphatic heterocycles. The lowest BCUT2D eigenvalue weighted by molar-refractivity contribution is 0.122. The molecule has 0 spiro atoms. The van der Waals surface area contributed by atoms with Crippen LogP contribution in [0.15, 0.2) is 24.7 Å². The average Bonchev–Trinajstić information content (AvgIpc) is 3.18. The van der Waals surface area contributed by atoms with E-state index in [1.807, 2.05) is 6.20 Å². The molecule has 2 aliphatic rings. The first-order chi connectivity index (χ1) is 11.4. The minimum atomic E-state index is 0.494. The molecule has 1 unspecified atom stereocenters. The van der Waals surface area contributed by atoms with Crippen LogP contribution in [0.2, 0.25) is 0 Å². The van der Waals surface area contributed by atoms with Crippen molar-refractivity contribution in [3.8, 4) is 0 Å². The number of aromatic amines is 1. The Balaban J connectivity index is 1.50. The van der Waals surface area contributed by atoms with Gasteiger partial charge in [-0.05, 0) is 18.9 Å². The van der Waals surface area contributed by atoms with E-state index in [1.165, 1.54) is 18.5 Å². The van der Waals surface area contributed by atoms with Gasteiger partial charge in [-0.2, -0.15) is 5.10 Å². The van der Waals surface area contributed by atoms with Crippen molar-refractivity contribution in [1.29, 1.82) is 0 Å². The third kappa shape index (κ3) is 3.14. The Labute approximate surface area is 135 Å². The van der Waals surface area contributed by atoms with Gasteiger partial charge >= 0.3 is 0 Å². The van der Waals surface area contributed by atoms with Crippen LogP contribution in [-0.2, 0) is 4.74 Å². The van der Waals surface area contributed by atoms with Crippen LogP contribution in [0.5, 0.6) is 0 Å². The SMILES string of the molecule is c1cc(C2CCCN(c3cc(N4CCOCC4)ncn3)C2)[nH]n1. The van der Waals surface area contributed by atoms with Crippen molar-refractivity contribution in [2.24, 2.45) is 0 Å². The topological polar surface area (TPSA) is 70.2 Å². The Morgan fingerprint density at radius 1 is 1.09 bits per heavy atom. The molecule has 0 aliphatic carbocycles. The minimum absolute atomic E-state index is 0.494. The maximum atomic E-state index is 5.42. The zero-order chi connectivity index (χ0) is 15.5. The quantitative estimate of drug-likeness (QED) is 0.924. The van der Waals surface area contributed by atoms with Crippen LogP contribution in [0.3, 0.4) is 0 Å². The van der Waals surface area contributed by atoms with Gasteiger partial charge in [-0.1, -0.05) is 0 Å². The van der Waals surface area contributed by atoms with Crippen molar-refractivity contribution >= 4 is 11.6 Å². The number of nitrogens with one attached hydrogen (secondary N) is 1. The number of hydrogen-bond donors (Lipinski definition) is 1. The zero-order valence-corrected chi connectivity index (χ0v) is 13.2. The molecule has 0 radical (unpaired) electrons. The molecular weight excluding hydrogens is 292 g/mol. The van der Waals surface area contributed by atoms with Crippen molar-refractivity contribution in [3.05, 3.63) is 30.4 Å². The lowest BCUT2D eigenvalue weighted by atomic mass is 9.95. The number of nitrogens with zero attached hydrogens (tertiary/aromatic N) is 5. The zero-order valence-electron chi connectivity index (χ0n) is 13.2. The molecule has 1 N–H and O–H groups in total. The normalized spacial score (nSPS) is 22.3. The van der Waals surface area contributed by atoms with Gasteiger partial charge in [0.1, 0.15) is 18.0 Å². The van der Waals surface area contributed by atoms with Crippen molar-refractivity contribution in [1.82, 2.24) is 20.2 Å². The summed E-state index contributed by atoms with van der Waals surface area (Å²) in [7, 11) is 0. The van der Waals surface area contributed by atoms with Gasteiger partial charge in [-0.3, -0.25) is 5.10 Å². The van der Waals surface area contributed by atoms with Gasteiger partial charge in [0, 0.05) is 50.1 Å². The third-order valence-corrected chi connectivity index (χ3v) is 4.68. The molecule has 0 amide bonds. The minimum Gasteiger partial charge on any atom is -0.378 e. The largest absolute Gasteiger partial charge is 0.378 e. The standard InChI is InChI=1S/C16H22N6O/c1-2-13(14-3-4-19-20-14)11-22(5-1)16-10-15(17-12-18-16)21-6-8-23-9-7-21/h3-4,10,12-13H,1-2,5-9,11H2,(H,19,20). The van der Waals surface area contributed by atoms with Gasteiger partial charge < -0.3 is 14.5 Å². The van der Waals surface area contributed by atoms with Crippen LogP contribution < -0.4 is 9.80 Å². The van der Waals surface area contributed by atoms with Gasteiger partial charge in [0.2, 0.25) is 0 Å². The van der Waals surface area contributed by atoms with E-state index in [2.05, 4.69) is 42.1 Å². The maximum absolute atomic E-state index is 5.42. The fourth-order valence-corrected chi connectivity index (χ4v) is 3.41. The molecule has 0 saturated carbocycles. The van der Waals surface area contributed by atoms with Crippen LogP contribution >= 0.6 is 0 Å². The van der Waals surface area contributed by atoms with Crippen molar-refractivity contribution < 1.29 is 4.74 Å². The number of H-pyrrole nitrogens is 1. The fourth-order valence-electron chi connectivity index (χ4n) is 3.41. The predicted molar refractivity (Wildman–Crippen MR) is 87.8 cm³/mol. The summed E-state index contributed by atoms with van der Waals surface area (Å²) in [6.07, 6.45) is 5.87. The highest BCUT2D eigenvalue weighted by Crippen LogP contribution is 2.29. The fraction of sp³-hybridized carbons (Fsp3) is 0.562. The first-order valence-electron chi connectivity index (χ1n) is 8.29. The first-order valence-corrected chi connectivity index (χ1v) is 8.29. The van der Waals surface area contributed by atoms with E-state index in [9.17, 15) is 0 Å². The molecule has 4 heterocycles. The maximum Gasteiger partial charge on any atom is 0.134 e. The van der Waals surface area contributed by atoms with Gasteiger partial charge in [0.15, 0.2) is 0 Å². The van der Waals surface area contributed by atoms with E-state index < -0.39 is 0 Å². The van der Waals surface area contributed by atoms with E-state index >= 15 is 0 Å². The average molecular weight is 314 g/mol. The van der Waals surface area contributed by atoms with Crippen molar-refractivity contribution in [2.75, 3.05) is 49.2 Å². The molecule has 2 aromatic heterocycles. The number of anilines is 2. The second-order valence-corrected chi connectivity index (χ2v) is 6.13. The van der Waals surface area contributed by atoms with Gasteiger partial charge in [0.25, 0.3) is 0 Å². The number of ether oxygens (including phenoxy) is 1. The Kier molecular flexibility index (Phi) is 4.10. The Hall–Kier alpha value is -2.15. The molecule has 4 rings (SSSR count). The molecule has 2 fully saturated rings. The highest BCUT2D eigenvalue weighted by atomic mass is 16.5. The molecule has 23 heavy (non-hydrogen) atoms. The van der Waals surface area contributed by atoms with E-state index in [0.717, 1.165) is 51.0 Å². The summed E-state index contributed by atoms with van der Waals surface area (Å²) in [5.74, 6) is 2.51. The highest BCUT2D eigenvalue weighted by molar-refractivity contribution is 5.50. The Morgan fingerprint density at radius 2 is 1.91 bits per heavy atom. The molecule has 0 bridgehead atoms. The van der Waals surface area contributed by atoms with E-state index in [-0.39, 0.29) is 0 Å². The van der Waals surface area contributed by atoms with Gasteiger partial charge in [0.05, 0.1) is 13.2 Å². The number of rotatable bonds is 3. The number of piperidine rings is 1. The summed E-state index contributed by atoms with van der Waals surface area (Å²) in [5, 5.41) is 7.19. The molecule has 2 aromatic rings. The van der Waals surface area contributed by atoms with Crippen molar-refractivity contribution in [3.63, 3.8) is 0 Å². The first kappa shape index (κ1) is 14.4. The number of hydrogen-bond acceptors (Lipinski definition) is 6. The van der Waals surface area contributed by atoms with E-state index in [0.29, 0.717) is 5.92 Å². The van der Waals surface area contributed by atoms with Crippen molar-refractivity contribution in [2.45, 2.75) is 18.8 Å². The van der Waals surface area contributed by atoms with Gasteiger partial charge in [-0.25, -0.2) is 9.97 Å². The third-order valence-electron chi connectivity index (χ3n) is 4.68. The molecule has 0 aromatic carbocycles. The molecule has 2 saturated heterocycles. The van der Waals surface area contributed by atoms with Crippen LogP contribution in [0.1, 0.15) is 24.5 Å². The number of aromatic nitrogens is 4. The summed E-state index contributed by atoms with van der Waals surface area (Å²) < 4.78 is 5.42. The van der Waals surface area contributed by atoms with Gasteiger partial charge in [-0.15, -0.1) is 0 Å². The Morgan fingerprint density at radius 3 is 2.70 bits per heavy atom. The monoisotopic (exact) mass is 314 g/mol. The summed E-state index contributed by atoms with van der Waals surface area (Å²) >= 11 is 0. The van der Waals surface area contributed by atoms with E-state index in [4.69, 9.17) is 4.74 Å². The molecule has 7 nitrogen and oxygen atoms in total. The van der Waals surface area contributed by atoms with Crippen LogP contribution in [0.25, 0.3) is 0 Å². The second-order valence-electron chi connectivity index (χ2n) is 6.13. The lowest BCUT2D eigenvalue weighted by Crippen LogP contribution is -2.38. The summed E-state index contributed by atoms with van der Waals surface area (Å²) in [6, 6.07) is 4.19. The lowest BCUT2D eigenvalue weighted by Gasteiger charge is -2.34. The number of morpholine rings is 1. The van der Waals surface area contributed by atoms with E-state index in [1.54, 1.807) is 6.33 Å².